The third-order valence-electron chi connectivity index (χ3n) is 7.25. The van der Waals surface area contributed by atoms with Crippen LogP contribution in [0.15, 0.2) is 60.7 Å². The van der Waals surface area contributed by atoms with Crippen LogP contribution < -0.4 is 0 Å². The Bertz CT molecular complexity index is 909. The van der Waals surface area contributed by atoms with Crippen molar-refractivity contribution in [1.29, 1.82) is 0 Å². The van der Waals surface area contributed by atoms with E-state index < -0.39 is 11.6 Å². The van der Waals surface area contributed by atoms with Crippen molar-refractivity contribution in [1.82, 2.24) is 4.90 Å². The van der Waals surface area contributed by atoms with Gasteiger partial charge in [0.05, 0.1) is 0 Å². The average Bonchev–Trinajstić information content (AvgIpc) is 3.41. The summed E-state index contributed by atoms with van der Waals surface area (Å²) in [6.07, 6.45) is 6.49. The van der Waals surface area contributed by atoms with Gasteiger partial charge in [-0.1, -0.05) is 73.5 Å². The largest absolute Gasteiger partial charge is 0.460 e. The number of hydrogen-bond acceptors (Lipinski definition) is 5. The Hall–Kier alpha value is -2.21. The number of halogens is 1. The number of Topliss-reactive ketones (excluding diaryl/α,β-unsaturated/α-hetero) is 1. The molecule has 0 bridgehead atoms. The van der Waals surface area contributed by atoms with E-state index in [1.807, 2.05) is 60.7 Å². The van der Waals surface area contributed by atoms with Crippen LogP contribution in [0.2, 0.25) is 0 Å². The number of esters is 1. The highest BCUT2D eigenvalue weighted by Crippen LogP contribution is 2.42. The van der Waals surface area contributed by atoms with Gasteiger partial charge >= 0.3 is 5.97 Å². The maximum atomic E-state index is 13.3. The second-order valence-electron chi connectivity index (χ2n) is 9.45. The minimum atomic E-state index is -1.56. The lowest BCUT2D eigenvalue weighted by Gasteiger charge is -2.36. The molecule has 2 fully saturated rings. The molecular formula is C28H36ClNO4. The van der Waals surface area contributed by atoms with Gasteiger partial charge in [-0.2, -0.15) is 0 Å². The highest BCUT2D eigenvalue weighted by atomic mass is 35.5. The van der Waals surface area contributed by atoms with E-state index in [0.29, 0.717) is 12.0 Å². The lowest BCUT2D eigenvalue weighted by atomic mass is 9.80. The normalized spacial score (nSPS) is 19.2. The van der Waals surface area contributed by atoms with E-state index in [2.05, 4.69) is 4.90 Å². The second-order valence-corrected chi connectivity index (χ2v) is 9.45. The van der Waals surface area contributed by atoms with E-state index in [1.165, 1.54) is 0 Å². The molecule has 6 heteroatoms. The average molecular weight is 486 g/mol. The summed E-state index contributed by atoms with van der Waals surface area (Å²) in [6.45, 7) is 2.55. The number of carbonyl (C=O) groups is 2. The molecule has 2 aromatic rings. The van der Waals surface area contributed by atoms with Gasteiger partial charge in [-0.15, -0.1) is 12.4 Å². The van der Waals surface area contributed by atoms with Crippen LogP contribution in [0.1, 0.15) is 67.3 Å². The highest BCUT2D eigenvalue weighted by molar-refractivity contribution is 5.95. The van der Waals surface area contributed by atoms with Crippen LogP contribution in [0.5, 0.6) is 0 Å². The Morgan fingerprint density at radius 1 is 0.912 bits per heavy atom. The zero-order valence-electron chi connectivity index (χ0n) is 19.7. The molecule has 34 heavy (non-hydrogen) atoms. The fourth-order valence-corrected chi connectivity index (χ4v) is 5.28. The summed E-state index contributed by atoms with van der Waals surface area (Å²) in [6, 6.07) is 18.7. The van der Waals surface area contributed by atoms with E-state index in [1.54, 1.807) is 0 Å². The van der Waals surface area contributed by atoms with Crippen molar-refractivity contribution in [3.8, 4) is 0 Å². The first-order valence-electron chi connectivity index (χ1n) is 12.4. The third-order valence-corrected chi connectivity index (χ3v) is 7.25. The van der Waals surface area contributed by atoms with Crippen LogP contribution in [0.25, 0.3) is 0 Å². The number of likely N-dealkylation sites (tertiary alicyclic amines) is 1. The van der Waals surface area contributed by atoms with Gasteiger partial charge in [0, 0.05) is 31.0 Å². The quantitative estimate of drug-likeness (QED) is 0.392. The van der Waals surface area contributed by atoms with Gasteiger partial charge in [-0.05, 0) is 44.2 Å². The molecule has 184 valence electrons. The van der Waals surface area contributed by atoms with Crippen LogP contribution in [-0.2, 0) is 15.1 Å². The van der Waals surface area contributed by atoms with Crippen LogP contribution in [0.3, 0.4) is 0 Å². The molecule has 2 aliphatic rings. The molecule has 5 nitrogen and oxygen atoms in total. The lowest BCUT2D eigenvalue weighted by molar-refractivity contribution is -0.181. The van der Waals surface area contributed by atoms with E-state index in [-0.39, 0.29) is 30.2 Å². The van der Waals surface area contributed by atoms with E-state index in [4.69, 9.17) is 4.74 Å². The van der Waals surface area contributed by atoms with Crippen molar-refractivity contribution in [2.45, 2.75) is 63.1 Å². The summed E-state index contributed by atoms with van der Waals surface area (Å²) in [5, 5.41) is 11.6. The van der Waals surface area contributed by atoms with Gasteiger partial charge < -0.3 is 14.7 Å². The minimum absolute atomic E-state index is 0. The van der Waals surface area contributed by atoms with Gasteiger partial charge in [-0.3, -0.25) is 4.79 Å². The monoisotopic (exact) mass is 485 g/mol. The summed E-state index contributed by atoms with van der Waals surface area (Å²) in [4.78, 5) is 27.9. The maximum absolute atomic E-state index is 13.3. The zero-order valence-corrected chi connectivity index (χ0v) is 20.6. The van der Waals surface area contributed by atoms with E-state index in [0.717, 1.165) is 70.1 Å². The lowest BCUT2D eigenvalue weighted by Crippen LogP contribution is -2.46. The fourth-order valence-electron chi connectivity index (χ4n) is 5.28. The molecule has 1 heterocycles. The molecule has 0 radical (unpaired) electrons. The number of carbonyl (C=O) groups excluding carboxylic acids is 2. The number of nitrogens with zero attached hydrogens (tertiary/aromatic N) is 1. The summed E-state index contributed by atoms with van der Waals surface area (Å²) < 4.78 is 5.90. The number of hydrogen-bond donors (Lipinski definition) is 1. The van der Waals surface area contributed by atoms with Crippen molar-refractivity contribution >= 4 is 24.2 Å². The molecule has 1 aliphatic carbocycles. The molecule has 1 N–H and O–H groups in total. The molecule has 0 amide bonds. The molecular weight excluding hydrogens is 450 g/mol. The molecule has 0 aromatic heterocycles. The Kier molecular flexibility index (Phi) is 9.69. The zero-order chi connectivity index (χ0) is 23.1. The molecule has 1 aliphatic heterocycles. The van der Waals surface area contributed by atoms with Crippen LogP contribution in [0, 0.1) is 5.92 Å². The smallest absolute Gasteiger partial charge is 0.343 e. The standard InChI is InChI=1S/C28H35NO4.ClH/c30-26(22-10-3-1-4-11-22)16-9-19-29-20-17-25(18-21-29)33-27(31)28(32,24-14-7-8-15-24)23-12-5-2-6-13-23;/h1-6,10-13,24-25,32H,7-9,14-21H2;1H. The van der Waals surface area contributed by atoms with Crippen molar-refractivity contribution in [3.05, 3.63) is 71.8 Å². The summed E-state index contributed by atoms with van der Waals surface area (Å²) in [7, 11) is 0. The molecule has 1 atom stereocenters. The number of piperidine rings is 1. The Morgan fingerprint density at radius 2 is 1.50 bits per heavy atom. The van der Waals surface area contributed by atoms with Crippen molar-refractivity contribution in [2.75, 3.05) is 19.6 Å². The predicted molar refractivity (Wildman–Crippen MR) is 135 cm³/mol. The molecule has 1 saturated heterocycles. The minimum Gasteiger partial charge on any atom is -0.460 e. The van der Waals surface area contributed by atoms with Gasteiger partial charge in [0.15, 0.2) is 11.4 Å². The topological polar surface area (TPSA) is 66.8 Å². The van der Waals surface area contributed by atoms with Crippen LogP contribution in [-0.4, -0.2) is 47.5 Å². The Labute approximate surface area is 208 Å². The number of ketones is 1. The van der Waals surface area contributed by atoms with Crippen LogP contribution >= 0.6 is 12.4 Å². The SMILES string of the molecule is Cl.O=C(CCCN1CCC(OC(=O)C(O)(c2ccccc2)C2CCCC2)CC1)c1ccccc1. The number of rotatable bonds is 9. The first-order valence-corrected chi connectivity index (χ1v) is 12.4. The predicted octanol–water partition coefficient (Wildman–Crippen LogP) is 5.16. The van der Waals surface area contributed by atoms with Crippen molar-refractivity contribution < 1.29 is 19.4 Å². The van der Waals surface area contributed by atoms with Crippen LogP contribution in [0.4, 0.5) is 0 Å². The first-order chi connectivity index (χ1) is 16.1. The highest BCUT2D eigenvalue weighted by Gasteiger charge is 2.48. The van der Waals surface area contributed by atoms with Gasteiger partial charge in [-0.25, -0.2) is 4.79 Å². The Morgan fingerprint density at radius 3 is 2.12 bits per heavy atom. The van der Waals surface area contributed by atoms with Crippen molar-refractivity contribution in [3.63, 3.8) is 0 Å². The number of ether oxygens (including phenoxy) is 1. The summed E-state index contributed by atoms with van der Waals surface area (Å²) in [5.74, 6) is -0.395. The molecule has 0 spiro atoms. The maximum Gasteiger partial charge on any atom is 0.343 e. The van der Waals surface area contributed by atoms with Gasteiger partial charge in [0.2, 0.25) is 0 Å². The van der Waals surface area contributed by atoms with E-state index in [9.17, 15) is 14.7 Å². The van der Waals surface area contributed by atoms with E-state index >= 15 is 0 Å². The molecule has 4 rings (SSSR count). The van der Waals surface area contributed by atoms with Crippen molar-refractivity contribution in [2.24, 2.45) is 5.92 Å². The van der Waals surface area contributed by atoms with Gasteiger partial charge in [0.1, 0.15) is 6.10 Å². The third kappa shape index (κ3) is 6.26. The summed E-state index contributed by atoms with van der Waals surface area (Å²) >= 11 is 0. The van der Waals surface area contributed by atoms with Gasteiger partial charge in [0.25, 0.3) is 0 Å². The second kappa shape index (κ2) is 12.5. The first kappa shape index (κ1) is 26.4. The Balaban J connectivity index is 0.00000324. The molecule has 2 aromatic carbocycles. The molecule has 1 unspecified atom stereocenters. The fraction of sp³-hybridized carbons (Fsp3) is 0.500. The summed E-state index contributed by atoms with van der Waals surface area (Å²) in [5.41, 5.74) is -0.147. The number of benzene rings is 2. The number of aliphatic hydroxyl groups is 1. The molecule has 1 saturated carbocycles.